The lowest BCUT2D eigenvalue weighted by molar-refractivity contribution is 0.185. The molecule has 1 aromatic carbocycles. The molecule has 0 radical (unpaired) electrons. The quantitative estimate of drug-likeness (QED) is 0.457. The zero-order valence-corrected chi connectivity index (χ0v) is 17.9. The lowest BCUT2D eigenvalue weighted by Gasteiger charge is -2.23. The van der Waals surface area contributed by atoms with E-state index in [0.29, 0.717) is 45.7 Å². The SMILES string of the molecule is COc1cc(N2CCCC2O)ccc1Nc1nc(NCC(C)C)c2c(C#N)c[nH]c2n1. The van der Waals surface area contributed by atoms with E-state index in [9.17, 15) is 10.4 Å². The first-order valence-electron chi connectivity index (χ1n) is 10.4. The monoisotopic (exact) mass is 421 g/mol. The molecular formula is C22H27N7O2. The number of nitrogens with zero attached hydrogens (tertiary/aromatic N) is 4. The maximum Gasteiger partial charge on any atom is 0.231 e. The van der Waals surface area contributed by atoms with Crippen LogP contribution < -0.4 is 20.3 Å². The van der Waals surface area contributed by atoms with Crippen LogP contribution in [0.2, 0.25) is 0 Å². The number of aliphatic hydroxyl groups excluding tert-OH is 1. The summed E-state index contributed by atoms with van der Waals surface area (Å²) >= 11 is 0. The largest absolute Gasteiger partial charge is 0.494 e. The summed E-state index contributed by atoms with van der Waals surface area (Å²) in [6.07, 6.45) is 2.90. The van der Waals surface area contributed by atoms with Gasteiger partial charge in [-0.05, 0) is 30.9 Å². The Morgan fingerprint density at radius 3 is 2.90 bits per heavy atom. The van der Waals surface area contributed by atoms with E-state index >= 15 is 0 Å². The number of methoxy groups -OCH3 is 1. The molecule has 1 aliphatic heterocycles. The molecule has 3 heterocycles. The molecule has 0 spiro atoms. The van der Waals surface area contributed by atoms with Gasteiger partial charge in [-0.3, -0.25) is 0 Å². The summed E-state index contributed by atoms with van der Waals surface area (Å²) in [5.41, 5.74) is 2.70. The van der Waals surface area contributed by atoms with Crippen LogP contribution in [0.5, 0.6) is 5.75 Å². The van der Waals surface area contributed by atoms with Crippen LogP contribution in [0.15, 0.2) is 24.4 Å². The van der Waals surface area contributed by atoms with Gasteiger partial charge in [0.05, 0.1) is 23.7 Å². The molecule has 0 bridgehead atoms. The predicted molar refractivity (Wildman–Crippen MR) is 121 cm³/mol. The Balaban J connectivity index is 1.67. The fraction of sp³-hybridized carbons (Fsp3) is 0.409. The molecule has 31 heavy (non-hydrogen) atoms. The van der Waals surface area contributed by atoms with Gasteiger partial charge in [-0.1, -0.05) is 13.8 Å². The molecule has 4 rings (SSSR count). The molecule has 0 amide bonds. The van der Waals surface area contributed by atoms with Crippen molar-refractivity contribution in [2.24, 2.45) is 5.92 Å². The molecule has 1 aliphatic rings. The summed E-state index contributed by atoms with van der Waals surface area (Å²) < 4.78 is 5.58. The van der Waals surface area contributed by atoms with Crippen molar-refractivity contribution >= 4 is 34.2 Å². The Kier molecular flexibility index (Phi) is 5.82. The summed E-state index contributed by atoms with van der Waals surface area (Å²) in [7, 11) is 1.61. The van der Waals surface area contributed by atoms with Crippen LogP contribution in [0.1, 0.15) is 32.3 Å². The summed E-state index contributed by atoms with van der Waals surface area (Å²) in [5, 5.41) is 26.8. The van der Waals surface area contributed by atoms with Gasteiger partial charge in [-0.2, -0.15) is 15.2 Å². The summed E-state index contributed by atoms with van der Waals surface area (Å²) in [6, 6.07) is 7.92. The van der Waals surface area contributed by atoms with E-state index in [-0.39, 0.29) is 0 Å². The van der Waals surface area contributed by atoms with Gasteiger partial charge in [0.1, 0.15) is 29.5 Å². The normalized spacial score (nSPS) is 16.0. The molecule has 3 aromatic rings. The molecule has 0 aliphatic carbocycles. The van der Waals surface area contributed by atoms with Gasteiger partial charge in [0.2, 0.25) is 5.95 Å². The molecule has 9 heteroatoms. The van der Waals surface area contributed by atoms with Gasteiger partial charge in [0.25, 0.3) is 0 Å². The fourth-order valence-electron chi connectivity index (χ4n) is 3.74. The van der Waals surface area contributed by atoms with Crippen LogP contribution in [0.3, 0.4) is 0 Å². The summed E-state index contributed by atoms with van der Waals surface area (Å²) in [5.74, 6) is 2.03. The van der Waals surface area contributed by atoms with E-state index in [1.807, 2.05) is 23.1 Å². The molecule has 1 unspecified atom stereocenters. The van der Waals surface area contributed by atoms with Crippen LogP contribution in [0.25, 0.3) is 11.0 Å². The highest BCUT2D eigenvalue weighted by Crippen LogP contribution is 2.34. The van der Waals surface area contributed by atoms with Crippen molar-refractivity contribution in [1.82, 2.24) is 15.0 Å². The summed E-state index contributed by atoms with van der Waals surface area (Å²) in [4.78, 5) is 14.2. The third-order valence-electron chi connectivity index (χ3n) is 5.31. The summed E-state index contributed by atoms with van der Waals surface area (Å²) in [6.45, 7) is 5.75. The molecule has 1 fully saturated rings. The van der Waals surface area contributed by atoms with Gasteiger partial charge in [-0.25, -0.2) is 0 Å². The maximum atomic E-state index is 10.2. The molecule has 2 aromatic heterocycles. The Bertz CT molecular complexity index is 1120. The highest BCUT2D eigenvalue weighted by molar-refractivity contribution is 5.93. The van der Waals surface area contributed by atoms with E-state index < -0.39 is 6.23 Å². The van der Waals surface area contributed by atoms with Crippen molar-refractivity contribution in [3.8, 4) is 11.8 Å². The second-order valence-corrected chi connectivity index (χ2v) is 8.03. The first kappa shape index (κ1) is 20.8. The van der Waals surface area contributed by atoms with Crippen LogP contribution in [-0.4, -0.2) is 46.5 Å². The number of hydrogen-bond acceptors (Lipinski definition) is 8. The van der Waals surface area contributed by atoms with Crippen molar-refractivity contribution in [2.45, 2.75) is 32.9 Å². The lowest BCUT2D eigenvalue weighted by atomic mass is 10.2. The zero-order valence-electron chi connectivity index (χ0n) is 17.9. The van der Waals surface area contributed by atoms with E-state index in [2.05, 4.69) is 45.5 Å². The number of aliphatic hydroxyl groups is 1. The number of anilines is 4. The van der Waals surface area contributed by atoms with Crippen LogP contribution in [0.4, 0.5) is 23.1 Å². The van der Waals surface area contributed by atoms with Crippen molar-refractivity contribution in [2.75, 3.05) is 35.7 Å². The van der Waals surface area contributed by atoms with Crippen LogP contribution in [0, 0.1) is 17.2 Å². The lowest BCUT2D eigenvalue weighted by Crippen LogP contribution is -2.28. The molecule has 162 valence electrons. The average molecular weight is 422 g/mol. The number of nitrogens with one attached hydrogen (secondary N) is 3. The second kappa shape index (κ2) is 8.70. The Morgan fingerprint density at radius 1 is 1.39 bits per heavy atom. The van der Waals surface area contributed by atoms with E-state index in [1.165, 1.54) is 0 Å². The van der Waals surface area contributed by atoms with Crippen LogP contribution in [-0.2, 0) is 0 Å². The Labute approximate surface area is 181 Å². The standard InChI is InChI=1S/C22H27N7O2/c1-13(2)11-24-20-19-14(10-23)12-25-21(19)28-22(27-20)26-16-7-6-15(9-17(16)31-3)29-8-4-5-18(29)30/h6-7,9,12-13,18,30H,4-5,8,11H2,1-3H3,(H3,24,25,26,27,28). The maximum absolute atomic E-state index is 10.2. The number of rotatable bonds is 7. The molecule has 0 saturated carbocycles. The topological polar surface area (TPSA) is 122 Å². The number of aromatic nitrogens is 3. The van der Waals surface area contributed by atoms with Gasteiger partial charge in [0.15, 0.2) is 0 Å². The van der Waals surface area contributed by atoms with Gasteiger partial charge in [-0.15, -0.1) is 0 Å². The third-order valence-corrected chi connectivity index (χ3v) is 5.31. The molecule has 1 atom stereocenters. The number of nitriles is 1. The van der Waals surface area contributed by atoms with Crippen molar-refractivity contribution in [1.29, 1.82) is 5.26 Å². The molecular weight excluding hydrogens is 394 g/mol. The third kappa shape index (κ3) is 4.20. The van der Waals surface area contributed by atoms with Gasteiger partial charge < -0.3 is 30.4 Å². The van der Waals surface area contributed by atoms with Crippen molar-refractivity contribution in [3.63, 3.8) is 0 Å². The van der Waals surface area contributed by atoms with Gasteiger partial charge >= 0.3 is 0 Å². The van der Waals surface area contributed by atoms with Crippen LogP contribution >= 0.6 is 0 Å². The zero-order chi connectivity index (χ0) is 22.0. The number of fused-ring (bicyclic) bond motifs is 1. The minimum Gasteiger partial charge on any atom is -0.494 e. The molecule has 1 saturated heterocycles. The first-order valence-corrected chi connectivity index (χ1v) is 10.4. The number of ether oxygens (including phenoxy) is 1. The van der Waals surface area contributed by atoms with Gasteiger partial charge in [0, 0.05) is 31.0 Å². The number of aromatic amines is 1. The Hall–Kier alpha value is -3.51. The fourth-order valence-corrected chi connectivity index (χ4v) is 3.74. The highest BCUT2D eigenvalue weighted by Gasteiger charge is 2.23. The van der Waals surface area contributed by atoms with E-state index in [1.54, 1.807) is 13.3 Å². The molecule has 4 N–H and O–H groups in total. The smallest absolute Gasteiger partial charge is 0.231 e. The highest BCUT2D eigenvalue weighted by atomic mass is 16.5. The Morgan fingerprint density at radius 2 is 2.23 bits per heavy atom. The van der Waals surface area contributed by atoms with E-state index in [4.69, 9.17) is 4.74 Å². The number of benzene rings is 1. The number of hydrogen-bond donors (Lipinski definition) is 4. The minimum absolute atomic E-state index is 0.386. The van der Waals surface area contributed by atoms with Crippen molar-refractivity contribution < 1.29 is 9.84 Å². The average Bonchev–Trinajstić information content (AvgIpc) is 3.38. The first-order chi connectivity index (χ1) is 15.0. The predicted octanol–water partition coefficient (Wildman–Crippen LogP) is 3.57. The van der Waals surface area contributed by atoms with E-state index in [0.717, 1.165) is 31.6 Å². The van der Waals surface area contributed by atoms with Crippen molar-refractivity contribution in [3.05, 3.63) is 30.0 Å². The molecule has 9 nitrogen and oxygen atoms in total. The minimum atomic E-state index is -0.467. The number of H-pyrrole nitrogens is 1. The second-order valence-electron chi connectivity index (χ2n) is 8.03.